The number of carboxylic acid groups (broad SMARTS) is 1. The Hall–Kier alpha value is -2.69. The number of benzene rings is 1. The third-order valence-electron chi connectivity index (χ3n) is 5.29. The lowest BCUT2D eigenvalue weighted by Gasteiger charge is -2.33. The molecule has 1 aliphatic carbocycles. The molecule has 0 bridgehead atoms. The van der Waals surface area contributed by atoms with Gasteiger partial charge in [-0.25, -0.2) is 9.78 Å². The number of nitrogens with zero attached hydrogens (tertiary/aromatic N) is 2. The van der Waals surface area contributed by atoms with Crippen LogP contribution in [-0.2, 0) is 17.6 Å². The van der Waals surface area contributed by atoms with E-state index in [-0.39, 0.29) is 11.3 Å². The van der Waals surface area contributed by atoms with E-state index >= 15 is 0 Å². The average molecular weight is 322 g/mol. The number of amides is 1. The summed E-state index contributed by atoms with van der Waals surface area (Å²) in [5.41, 5.74) is 2.11. The summed E-state index contributed by atoms with van der Waals surface area (Å²) < 4.78 is 0. The first-order chi connectivity index (χ1) is 11.6. The fraction of sp³-hybridized carbons (Fsp3) is 0.316. The van der Waals surface area contributed by atoms with Gasteiger partial charge < -0.3 is 5.11 Å². The molecule has 5 heteroatoms. The van der Waals surface area contributed by atoms with E-state index in [9.17, 15) is 9.59 Å². The van der Waals surface area contributed by atoms with Crippen LogP contribution in [0.4, 0.5) is 5.82 Å². The number of carbonyl (C=O) groups is 2. The Bertz CT molecular complexity index is 819. The molecule has 2 heterocycles. The van der Waals surface area contributed by atoms with Crippen molar-refractivity contribution in [3.05, 3.63) is 59.3 Å². The van der Waals surface area contributed by atoms with Crippen molar-refractivity contribution in [2.45, 2.75) is 25.7 Å². The molecule has 0 unspecified atom stereocenters. The summed E-state index contributed by atoms with van der Waals surface area (Å²) >= 11 is 0. The molecule has 0 saturated carbocycles. The van der Waals surface area contributed by atoms with Gasteiger partial charge >= 0.3 is 5.97 Å². The lowest BCUT2D eigenvalue weighted by Crippen LogP contribution is -2.39. The van der Waals surface area contributed by atoms with Crippen LogP contribution in [0.1, 0.15) is 34.3 Å². The second-order valence-electron chi connectivity index (χ2n) is 6.64. The number of aryl methyl sites for hydroxylation is 1. The number of fused-ring (bicyclic) bond motifs is 1. The van der Waals surface area contributed by atoms with E-state index in [2.05, 4.69) is 4.98 Å². The fourth-order valence-electron chi connectivity index (χ4n) is 3.94. The molecular formula is C19H18N2O3. The molecule has 1 saturated heterocycles. The van der Waals surface area contributed by atoms with Crippen LogP contribution in [0, 0.1) is 5.41 Å². The molecule has 1 N–H and O–H groups in total. The maximum atomic E-state index is 13.1. The first-order valence-electron chi connectivity index (χ1n) is 8.17. The van der Waals surface area contributed by atoms with Gasteiger partial charge in [-0.1, -0.05) is 12.1 Å². The maximum Gasteiger partial charge on any atom is 0.335 e. The van der Waals surface area contributed by atoms with E-state index in [1.807, 2.05) is 24.3 Å². The summed E-state index contributed by atoms with van der Waals surface area (Å²) in [7, 11) is 0. The molecule has 0 radical (unpaired) electrons. The molecular weight excluding hydrogens is 304 g/mol. The summed E-state index contributed by atoms with van der Waals surface area (Å²) in [5, 5.41) is 9.13. The van der Waals surface area contributed by atoms with Crippen molar-refractivity contribution in [3.63, 3.8) is 0 Å². The molecule has 1 atom stereocenters. The van der Waals surface area contributed by atoms with E-state index in [1.54, 1.807) is 23.2 Å². The number of rotatable bonds is 2. The van der Waals surface area contributed by atoms with E-state index in [4.69, 9.17) is 5.11 Å². The van der Waals surface area contributed by atoms with E-state index in [0.717, 1.165) is 30.4 Å². The highest BCUT2D eigenvalue weighted by Crippen LogP contribution is 2.44. The Morgan fingerprint density at radius 1 is 1.17 bits per heavy atom. The van der Waals surface area contributed by atoms with E-state index < -0.39 is 5.97 Å². The van der Waals surface area contributed by atoms with Crippen molar-refractivity contribution >= 4 is 17.7 Å². The van der Waals surface area contributed by atoms with Crippen LogP contribution in [-0.4, -0.2) is 28.5 Å². The predicted octanol–water partition coefficient (Wildman–Crippen LogP) is 2.69. The Kier molecular flexibility index (Phi) is 3.37. The highest BCUT2D eigenvalue weighted by atomic mass is 16.4. The molecule has 24 heavy (non-hydrogen) atoms. The Morgan fingerprint density at radius 3 is 2.79 bits per heavy atom. The molecule has 1 fully saturated rings. The van der Waals surface area contributed by atoms with Crippen LogP contribution < -0.4 is 4.90 Å². The minimum Gasteiger partial charge on any atom is -0.478 e. The SMILES string of the molecule is O=C(O)c1ccc2c(c1)CC[C@]1(CCN(c3ccccn3)C1=O)C2. The molecule has 4 rings (SSSR count). The van der Waals surface area contributed by atoms with Crippen molar-refractivity contribution in [2.24, 2.45) is 5.41 Å². The van der Waals surface area contributed by atoms with Gasteiger partial charge in [0.1, 0.15) is 5.82 Å². The maximum absolute atomic E-state index is 13.1. The average Bonchev–Trinajstić information content (AvgIpc) is 2.91. The van der Waals surface area contributed by atoms with Crippen LogP contribution >= 0.6 is 0 Å². The number of carboxylic acids is 1. The van der Waals surface area contributed by atoms with Crippen LogP contribution in [0.3, 0.4) is 0 Å². The number of hydrogen-bond donors (Lipinski definition) is 1. The van der Waals surface area contributed by atoms with E-state index in [1.165, 1.54) is 0 Å². The normalized spacial score (nSPS) is 22.7. The molecule has 2 aliphatic rings. The standard InChI is InChI=1S/C19H18N2O3/c22-17(23)14-4-5-15-12-19(7-6-13(15)11-14)8-10-21(18(19)24)16-3-1-2-9-20-16/h1-5,9,11H,6-8,10,12H2,(H,22,23)/t19-/m0/s1. The summed E-state index contributed by atoms with van der Waals surface area (Å²) in [4.78, 5) is 30.3. The Labute approximate surface area is 139 Å². The van der Waals surface area contributed by atoms with Gasteiger partial charge in [-0.2, -0.15) is 0 Å². The van der Waals surface area contributed by atoms with Crippen LogP contribution in [0.25, 0.3) is 0 Å². The number of aromatic carboxylic acids is 1. The van der Waals surface area contributed by atoms with Gasteiger partial charge in [0, 0.05) is 12.7 Å². The lowest BCUT2D eigenvalue weighted by atomic mass is 9.70. The van der Waals surface area contributed by atoms with Crippen LogP contribution in [0.5, 0.6) is 0 Å². The minimum atomic E-state index is -0.906. The number of aromatic nitrogens is 1. The van der Waals surface area contributed by atoms with Gasteiger partial charge in [0.15, 0.2) is 0 Å². The molecule has 1 aromatic heterocycles. The minimum absolute atomic E-state index is 0.147. The summed E-state index contributed by atoms with van der Waals surface area (Å²) in [6, 6.07) is 10.9. The largest absolute Gasteiger partial charge is 0.478 e. The van der Waals surface area contributed by atoms with Gasteiger partial charge in [-0.3, -0.25) is 9.69 Å². The van der Waals surface area contributed by atoms with E-state index in [0.29, 0.717) is 24.3 Å². The number of pyridine rings is 1. The number of hydrogen-bond acceptors (Lipinski definition) is 3. The first kappa shape index (κ1) is 14.9. The predicted molar refractivity (Wildman–Crippen MR) is 89.1 cm³/mol. The molecule has 5 nitrogen and oxygen atoms in total. The quantitative estimate of drug-likeness (QED) is 0.923. The molecule has 2 aromatic rings. The van der Waals surface area contributed by atoms with Crippen molar-refractivity contribution in [1.82, 2.24) is 4.98 Å². The highest BCUT2D eigenvalue weighted by molar-refractivity contribution is 5.99. The lowest BCUT2D eigenvalue weighted by molar-refractivity contribution is -0.126. The summed E-state index contributed by atoms with van der Waals surface area (Å²) in [6.07, 6.45) is 4.73. The zero-order valence-electron chi connectivity index (χ0n) is 13.2. The van der Waals surface area contributed by atoms with Gasteiger partial charge in [0.05, 0.1) is 11.0 Å². The molecule has 1 spiro atoms. The number of carbonyl (C=O) groups excluding carboxylic acids is 1. The van der Waals surface area contributed by atoms with Gasteiger partial charge in [0.2, 0.25) is 5.91 Å². The van der Waals surface area contributed by atoms with Crippen LogP contribution in [0.15, 0.2) is 42.6 Å². The Balaban J connectivity index is 1.62. The fourth-order valence-corrected chi connectivity index (χ4v) is 3.94. The zero-order chi connectivity index (χ0) is 16.7. The monoisotopic (exact) mass is 322 g/mol. The van der Waals surface area contributed by atoms with Crippen molar-refractivity contribution in [2.75, 3.05) is 11.4 Å². The van der Waals surface area contributed by atoms with Gasteiger partial charge in [-0.15, -0.1) is 0 Å². The highest BCUT2D eigenvalue weighted by Gasteiger charge is 2.48. The van der Waals surface area contributed by atoms with Gasteiger partial charge in [-0.05, 0) is 61.1 Å². The van der Waals surface area contributed by atoms with Crippen LogP contribution in [0.2, 0.25) is 0 Å². The molecule has 1 amide bonds. The van der Waals surface area contributed by atoms with Crippen molar-refractivity contribution in [1.29, 1.82) is 0 Å². The van der Waals surface area contributed by atoms with Crippen molar-refractivity contribution < 1.29 is 14.7 Å². The number of anilines is 1. The smallest absolute Gasteiger partial charge is 0.335 e. The van der Waals surface area contributed by atoms with Gasteiger partial charge in [0.25, 0.3) is 0 Å². The third-order valence-corrected chi connectivity index (χ3v) is 5.29. The third kappa shape index (κ3) is 2.28. The van der Waals surface area contributed by atoms with Crippen molar-refractivity contribution in [3.8, 4) is 0 Å². The topological polar surface area (TPSA) is 70.5 Å². The molecule has 1 aromatic carbocycles. The first-order valence-corrected chi connectivity index (χ1v) is 8.17. The summed E-state index contributed by atoms with van der Waals surface area (Å²) in [6.45, 7) is 0.693. The second kappa shape index (κ2) is 5.44. The Morgan fingerprint density at radius 2 is 2.04 bits per heavy atom. The molecule has 122 valence electrons. The second-order valence-corrected chi connectivity index (χ2v) is 6.64. The zero-order valence-corrected chi connectivity index (χ0v) is 13.2. The molecule has 1 aliphatic heterocycles. The summed E-state index contributed by atoms with van der Waals surface area (Å²) in [5.74, 6) is -0.0445.